The second kappa shape index (κ2) is 56.2. The van der Waals surface area contributed by atoms with Crippen LogP contribution in [0.1, 0.15) is 264 Å². The van der Waals surface area contributed by atoms with Crippen molar-refractivity contribution in [3.63, 3.8) is 0 Å². The minimum Gasteiger partial charge on any atom is -0.387 e. The van der Waals surface area contributed by atoms with Crippen LogP contribution in [0.15, 0.2) is 97.2 Å². The van der Waals surface area contributed by atoms with Gasteiger partial charge in [-0.05, 0) is 83.5 Å². The number of unbranched alkanes of at least 4 members (excludes halogenated alkanes) is 29. The molecular formula is C66H120N2O6P+. The lowest BCUT2D eigenvalue weighted by atomic mass is 10.0. The molecular weight excluding hydrogens is 948 g/mol. The molecule has 1 amide bonds. The van der Waals surface area contributed by atoms with Gasteiger partial charge in [-0.2, -0.15) is 0 Å². The highest BCUT2D eigenvalue weighted by molar-refractivity contribution is 7.47. The van der Waals surface area contributed by atoms with Crippen LogP contribution in [0.2, 0.25) is 0 Å². The average Bonchev–Trinajstić information content (AvgIpc) is 3.37. The van der Waals surface area contributed by atoms with E-state index in [1.807, 2.05) is 27.2 Å². The third-order valence-corrected chi connectivity index (χ3v) is 14.5. The molecule has 0 saturated heterocycles. The predicted octanol–water partition coefficient (Wildman–Crippen LogP) is 19.4. The molecule has 0 aromatic rings. The summed E-state index contributed by atoms with van der Waals surface area (Å²) < 4.78 is 23.7. The summed E-state index contributed by atoms with van der Waals surface area (Å²) in [5, 5.41) is 13.9. The van der Waals surface area contributed by atoms with Crippen molar-refractivity contribution < 1.29 is 32.9 Å². The van der Waals surface area contributed by atoms with Gasteiger partial charge in [0.15, 0.2) is 0 Å². The molecule has 9 heteroatoms. The van der Waals surface area contributed by atoms with E-state index in [9.17, 15) is 19.4 Å². The van der Waals surface area contributed by atoms with Gasteiger partial charge in [-0.1, -0.05) is 272 Å². The van der Waals surface area contributed by atoms with Crippen molar-refractivity contribution >= 4 is 13.7 Å². The Morgan fingerprint density at radius 1 is 0.467 bits per heavy atom. The average molecular weight is 1070 g/mol. The number of aliphatic hydroxyl groups excluding tert-OH is 1. The molecule has 0 rings (SSSR count). The second-order valence-electron chi connectivity index (χ2n) is 22.0. The molecule has 8 nitrogen and oxygen atoms in total. The Morgan fingerprint density at radius 2 is 0.813 bits per heavy atom. The van der Waals surface area contributed by atoms with Gasteiger partial charge in [0.25, 0.3) is 0 Å². The number of phosphoric acid groups is 1. The molecule has 0 aromatic heterocycles. The van der Waals surface area contributed by atoms with Crippen molar-refractivity contribution in [3.8, 4) is 0 Å². The summed E-state index contributed by atoms with van der Waals surface area (Å²) in [7, 11) is 1.53. The summed E-state index contributed by atoms with van der Waals surface area (Å²) in [6, 6.07) is -0.886. The number of aliphatic hydroxyl groups is 1. The summed E-state index contributed by atoms with van der Waals surface area (Å²) in [5.41, 5.74) is 0. The number of carbonyl (C=O) groups excluding carboxylic acids is 1. The van der Waals surface area contributed by atoms with E-state index in [1.165, 1.54) is 154 Å². The van der Waals surface area contributed by atoms with E-state index in [0.717, 1.165) is 89.9 Å². The van der Waals surface area contributed by atoms with E-state index in [-0.39, 0.29) is 19.1 Å². The fourth-order valence-electron chi connectivity index (χ4n) is 8.71. The smallest absolute Gasteiger partial charge is 0.387 e. The maximum absolute atomic E-state index is 13.0. The van der Waals surface area contributed by atoms with Crippen LogP contribution in [-0.4, -0.2) is 73.4 Å². The number of allylic oxidation sites excluding steroid dienone is 15. The Balaban J connectivity index is 4.25. The molecule has 0 fully saturated rings. The third kappa shape index (κ3) is 58.9. The van der Waals surface area contributed by atoms with Crippen molar-refractivity contribution in [1.82, 2.24) is 5.32 Å². The summed E-state index contributed by atoms with van der Waals surface area (Å²) in [4.78, 5) is 23.3. The topological polar surface area (TPSA) is 105 Å². The lowest BCUT2D eigenvalue weighted by Crippen LogP contribution is -2.45. The van der Waals surface area contributed by atoms with Gasteiger partial charge in [-0.15, -0.1) is 0 Å². The Labute approximate surface area is 464 Å². The van der Waals surface area contributed by atoms with Gasteiger partial charge in [0, 0.05) is 6.42 Å². The number of carbonyl (C=O) groups is 1. The summed E-state index contributed by atoms with van der Waals surface area (Å²) in [6.45, 7) is 4.67. The van der Waals surface area contributed by atoms with Crippen LogP contribution < -0.4 is 5.32 Å². The standard InChI is InChI=1S/C66H119N2O6P/c1-6-8-10-12-14-16-18-20-22-24-26-28-30-31-32-33-34-35-36-38-39-41-43-45-47-49-51-53-55-57-59-65(69)64(63-74-75(71,72)73-62-61-68(3,4)5)67-66(70)60-58-56-54-52-50-48-46-44-42-40-37-29-27-25-23-21-19-17-15-13-11-9-7-2/h9,11,15,17,21,23,27,29,40,42,46,48-49,51,57,59,64-65,69H,6-8,10,12-14,16,18-20,22,24-26,28,30-39,41,43-45,47,50,52-56,58,60-63H2,1-5H3,(H-,67,70,71,72)/p+1/b11-9-,17-15-,23-21-,29-27-,42-40-,48-46-,51-49+,59-57+. The first-order valence-corrected chi connectivity index (χ1v) is 32.6. The quantitative estimate of drug-likeness (QED) is 0.0243. The number of rotatable bonds is 56. The number of nitrogens with one attached hydrogen (secondary N) is 1. The van der Waals surface area contributed by atoms with E-state index in [0.29, 0.717) is 17.4 Å². The second-order valence-corrected chi connectivity index (χ2v) is 23.5. The number of phosphoric ester groups is 1. The zero-order valence-corrected chi connectivity index (χ0v) is 50.4. The molecule has 0 saturated carbocycles. The molecule has 0 bridgehead atoms. The molecule has 3 unspecified atom stereocenters. The molecule has 434 valence electrons. The van der Waals surface area contributed by atoms with Gasteiger partial charge in [0.2, 0.25) is 5.91 Å². The van der Waals surface area contributed by atoms with Crippen molar-refractivity contribution in [2.45, 2.75) is 276 Å². The lowest BCUT2D eigenvalue weighted by molar-refractivity contribution is -0.870. The maximum atomic E-state index is 13.0. The first-order valence-electron chi connectivity index (χ1n) is 31.1. The van der Waals surface area contributed by atoms with Crippen molar-refractivity contribution in [2.24, 2.45) is 0 Å². The van der Waals surface area contributed by atoms with Crippen molar-refractivity contribution in [1.29, 1.82) is 0 Å². The Morgan fingerprint density at radius 3 is 1.23 bits per heavy atom. The summed E-state index contributed by atoms with van der Waals surface area (Å²) >= 11 is 0. The normalized spacial score (nSPS) is 14.5. The predicted molar refractivity (Wildman–Crippen MR) is 327 cm³/mol. The molecule has 0 aromatic carbocycles. The number of nitrogens with zero attached hydrogens (tertiary/aromatic N) is 1. The Hall–Kier alpha value is -2.58. The molecule has 75 heavy (non-hydrogen) atoms. The van der Waals surface area contributed by atoms with Crippen LogP contribution in [0.3, 0.4) is 0 Å². The van der Waals surface area contributed by atoms with E-state index >= 15 is 0 Å². The SMILES string of the molecule is CC/C=C\C/C=C\C/C=C\C/C=C\C/C=C\C/C=C\CCCCCCC(=O)NC(COP(=O)(O)OCC[N+](C)(C)C)C(O)/C=C/CC/C=C/CCCCCCCCCCCCCCCCCCCCCCCCCC. The first kappa shape index (κ1) is 72.4. The van der Waals surface area contributed by atoms with Crippen LogP contribution in [-0.2, 0) is 18.4 Å². The van der Waals surface area contributed by atoms with Crippen LogP contribution in [0.5, 0.6) is 0 Å². The largest absolute Gasteiger partial charge is 0.472 e. The van der Waals surface area contributed by atoms with Crippen molar-refractivity contribution in [2.75, 3.05) is 40.9 Å². The minimum atomic E-state index is -4.37. The number of hydrogen-bond acceptors (Lipinski definition) is 5. The third-order valence-electron chi connectivity index (χ3n) is 13.5. The van der Waals surface area contributed by atoms with Gasteiger partial charge in [0.1, 0.15) is 13.2 Å². The molecule has 0 aliphatic heterocycles. The maximum Gasteiger partial charge on any atom is 0.472 e. The van der Waals surface area contributed by atoms with Crippen LogP contribution in [0.4, 0.5) is 0 Å². The molecule has 3 atom stereocenters. The van der Waals surface area contributed by atoms with Crippen molar-refractivity contribution in [3.05, 3.63) is 97.2 Å². The number of amides is 1. The van der Waals surface area contributed by atoms with Gasteiger partial charge in [0.05, 0.1) is 39.9 Å². The first-order chi connectivity index (χ1) is 36.5. The Kier molecular flexibility index (Phi) is 54.2. The minimum absolute atomic E-state index is 0.0457. The lowest BCUT2D eigenvalue weighted by Gasteiger charge is -2.25. The highest BCUT2D eigenvalue weighted by Crippen LogP contribution is 2.43. The molecule has 0 radical (unpaired) electrons. The van der Waals surface area contributed by atoms with Crippen LogP contribution >= 0.6 is 7.82 Å². The van der Waals surface area contributed by atoms with E-state index in [2.05, 4.69) is 104 Å². The van der Waals surface area contributed by atoms with E-state index < -0.39 is 20.0 Å². The molecule has 0 aliphatic rings. The van der Waals surface area contributed by atoms with Gasteiger partial charge in [-0.3, -0.25) is 13.8 Å². The molecule has 0 heterocycles. The number of likely N-dealkylation sites (N-methyl/N-ethyl adjacent to an activating group) is 1. The number of hydrogen-bond donors (Lipinski definition) is 3. The van der Waals surface area contributed by atoms with Crippen LogP contribution in [0.25, 0.3) is 0 Å². The summed E-state index contributed by atoms with van der Waals surface area (Å²) in [5.74, 6) is -0.213. The number of quaternary nitrogens is 1. The van der Waals surface area contributed by atoms with Crippen LogP contribution in [0, 0.1) is 0 Å². The van der Waals surface area contributed by atoms with Gasteiger partial charge < -0.3 is 19.8 Å². The Bertz CT molecular complexity index is 1540. The highest BCUT2D eigenvalue weighted by Gasteiger charge is 2.27. The fourth-order valence-corrected chi connectivity index (χ4v) is 9.45. The van der Waals surface area contributed by atoms with E-state index in [4.69, 9.17) is 9.05 Å². The fraction of sp³-hybridized carbons (Fsp3) is 0.742. The van der Waals surface area contributed by atoms with Gasteiger partial charge >= 0.3 is 7.82 Å². The summed E-state index contributed by atoms with van der Waals surface area (Å²) in [6.07, 6.45) is 81.1. The molecule has 0 aliphatic carbocycles. The highest BCUT2D eigenvalue weighted by atomic mass is 31.2. The molecule has 3 N–H and O–H groups in total. The zero-order chi connectivity index (χ0) is 54.9. The van der Waals surface area contributed by atoms with E-state index in [1.54, 1.807) is 6.08 Å². The molecule has 0 spiro atoms. The monoisotopic (exact) mass is 1070 g/mol. The van der Waals surface area contributed by atoms with Gasteiger partial charge in [-0.25, -0.2) is 4.57 Å². The zero-order valence-electron chi connectivity index (χ0n) is 49.5.